The molecule has 0 heterocycles. The molecule has 17 heavy (non-hydrogen) atoms. The molecule has 0 unspecified atom stereocenters. The molecule has 1 aromatic rings. The smallest absolute Gasteiger partial charge is 0.314 e. The lowest BCUT2D eigenvalue weighted by atomic mass is 10.2. The second-order valence-electron chi connectivity index (χ2n) is 3.49. The Balaban J connectivity index is 2.75. The standard InChI is InChI=1S/C11H13NO5/c1-2-3-4-11(14)17-8-5-6-10(13)9(7-8)12(15)16/h5-7,13H,2-4H2,1H3. The van der Waals surface area contributed by atoms with Gasteiger partial charge in [0.1, 0.15) is 5.75 Å². The van der Waals surface area contributed by atoms with Crippen molar-refractivity contribution in [2.45, 2.75) is 26.2 Å². The van der Waals surface area contributed by atoms with Crippen LogP contribution in [0, 0.1) is 10.1 Å². The Labute approximate surface area is 98.0 Å². The van der Waals surface area contributed by atoms with Crippen molar-refractivity contribution in [1.29, 1.82) is 0 Å². The van der Waals surface area contributed by atoms with E-state index in [1.165, 1.54) is 6.07 Å². The van der Waals surface area contributed by atoms with E-state index in [2.05, 4.69) is 0 Å². The Bertz CT molecular complexity index is 430. The molecule has 0 radical (unpaired) electrons. The summed E-state index contributed by atoms with van der Waals surface area (Å²) >= 11 is 0. The maximum atomic E-state index is 11.3. The summed E-state index contributed by atoms with van der Waals surface area (Å²) in [6, 6.07) is 3.46. The molecule has 0 aliphatic rings. The summed E-state index contributed by atoms with van der Waals surface area (Å²) in [5.74, 6) is -0.828. The minimum Gasteiger partial charge on any atom is -0.502 e. The van der Waals surface area contributed by atoms with Crippen molar-refractivity contribution in [3.63, 3.8) is 0 Å². The molecule has 0 saturated heterocycles. The van der Waals surface area contributed by atoms with Crippen molar-refractivity contribution in [2.24, 2.45) is 0 Å². The molecule has 0 spiro atoms. The summed E-state index contributed by atoms with van der Waals surface area (Å²) in [6.45, 7) is 1.94. The average Bonchev–Trinajstić information content (AvgIpc) is 2.28. The Morgan fingerprint density at radius 1 is 1.53 bits per heavy atom. The SMILES string of the molecule is CCCCC(=O)Oc1ccc(O)c([N+](=O)[O-])c1. The van der Waals surface area contributed by atoms with E-state index in [0.29, 0.717) is 6.42 Å². The number of nitro groups is 1. The van der Waals surface area contributed by atoms with Gasteiger partial charge >= 0.3 is 11.7 Å². The van der Waals surface area contributed by atoms with E-state index in [-0.39, 0.29) is 12.2 Å². The molecule has 0 aliphatic heterocycles. The molecule has 0 aromatic heterocycles. The Morgan fingerprint density at radius 3 is 2.82 bits per heavy atom. The third-order valence-corrected chi connectivity index (χ3v) is 2.11. The topological polar surface area (TPSA) is 89.7 Å². The number of carbonyl (C=O) groups is 1. The number of aromatic hydroxyl groups is 1. The first-order valence-electron chi connectivity index (χ1n) is 5.22. The zero-order chi connectivity index (χ0) is 12.8. The molecule has 0 aliphatic carbocycles. The lowest BCUT2D eigenvalue weighted by Crippen LogP contribution is -2.07. The molecular formula is C11H13NO5. The number of carbonyl (C=O) groups excluding carboxylic acids is 1. The third-order valence-electron chi connectivity index (χ3n) is 2.11. The van der Waals surface area contributed by atoms with Gasteiger partial charge in [0.05, 0.1) is 11.0 Å². The fourth-order valence-corrected chi connectivity index (χ4v) is 1.22. The lowest BCUT2D eigenvalue weighted by Gasteiger charge is -2.04. The molecule has 0 atom stereocenters. The van der Waals surface area contributed by atoms with Crippen LogP contribution >= 0.6 is 0 Å². The van der Waals surface area contributed by atoms with Crippen LogP contribution in [0.15, 0.2) is 18.2 Å². The van der Waals surface area contributed by atoms with Gasteiger partial charge in [-0.3, -0.25) is 14.9 Å². The molecule has 1 N–H and O–H groups in total. The maximum absolute atomic E-state index is 11.3. The van der Waals surface area contributed by atoms with Crippen LogP contribution in [0.2, 0.25) is 0 Å². The molecule has 6 heteroatoms. The van der Waals surface area contributed by atoms with Crippen LogP contribution in [-0.2, 0) is 4.79 Å². The minimum atomic E-state index is -0.737. The number of unbranched alkanes of at least 4 members (excludes halogenated alkanes) is 1. The van der Waals surface area contributed by atoms with E-state index >= 15 is 0 Å². The van der Waals surface area contributed by atoms with Crippen molar-refractivity contribution >= 4 is 11.7 Å². The number of rotatable bonds is 5. The highest BCUT2D eigenvalue weighted by Gasteiger charge is 2.15. The van der Waals surface area contributed by atoms with Crippen LogP contribution in [0.25, 0.3) is 0 Å². The van der Waals surface area contributed by atoms with E-state index in [9.17, 15) is 20.0 Å². The zero-order valence-corrected chi connectivity index (χ0v) is 9.38. The number of hydrogen-bond donors (Lipinski definition) is 1. The Hall–Kier alpha value is -2.11. The fraction of sp³-hybridized carbons (Fsp3) is 0.364. The predicted molar refractivity (Wildman–Crippen MR) is 59.9 cm³/mol. The molecule has 1 rings (SSSR count). The minimum absolute atomic E-state index is 0.0654. The van der Waals surface area contributed by atoms with Gasteiger partial charge in [-0.15, -0.1) is 0 Å². The quantitative estimate of drug-likeness (QED) is 0.369. The van der Waals surface area contributed by atoms with Crippen LogP contribution < -0.4 is 4.74 Å². The van der Waals surface area contributed by atoms with Crippen LogP contribution in [0.5, 0.6) is 11.5 Å². The van der Waals surface area contributed by atoms with Crippen molar-refractivity contribution in [2.75, 3.05) is 0 Å². The summed E-state index contributed by atoms with van der Waals surface area (Å²) in [7, 11) is 0. The van der Waals surface area contributed by atoms with E-state index in [1.54, 1.807) is 0 Å². The van der Waals surface area contributed by atoms with Gasteiger partial charge in [-0.2, -0.15) is 0 Å². The second kappa shape index (κ2) is 5.83. The van der Waals surface area contributed by atoms with Crippen molar-refractivity contribution in [3.8, 4) is 11.5 Å². The van der Waals surface area contributed by atoms with Gasteiger partial charge < -0.3 is 9.84 Å². The molecule has 0 bridgehead atoms. The predicted octanol–water partition coefficient (Wildman–Crippen LogP) is 2.40. The number of nitrogens with zero attached hydrogens (tertiary/aromatic N) is 1. The summed E-state index contributed by atoms with van der Waals surface area (Å²) in [5.41, 5.74) is -0.481. The van der Waals surface area contributed by atoms with Gasteiger partial charge in [-0.25, -0.2) is 0 Å². The first-order valence-corrected chi connectivity index (χ1v) is 5.22. The number of benzene rings is 1. The number of ether oxygens (including phenoxy) is 1. The molecule has 0 fully saturated rings. The van der Waals surface area contributed by atoms with Gasteiger partial charge in [0.15, 0.2) is 5.75 Å². The zero-order valence-electron chi connectivity index (χ0n) is 9.38. The van der Waals surface area contributed by atoms with Crippen molar-refractivity contribution in [3.05, 3.63) is 28.3 Å². The van der Waals surface area contributed by atoms with Crippen LogP contribution in [-0.4, -0.2) is 16.0 Å². The van der Waals surface area contributed by atoms with Crippen LogP contribution in [0.4, 0.5) is 5.69 Å². The van der Waals surface area contributed by atoms with Gasteiger partial charge in [-0.05, 0) is 18.6 Å². The van der Waals surface area contributed by atoms with E-state index in [1.807, 2.05) is 6.92 Å². The Morgan fingerprint density at radius 2 is 2.24 bits per heavy atom. The van der Waals surface area contributed by atoms with Gasteiger partial charge in [-0.1, -0.05) is 13.3 Å². The third kappa shape index (κ3) is 3.75. The second-order valence-corrected chi connectivity index (χ2v) is 3.49. The summed E-state index contributed by atoms with van der Waals surface area (Å²) in [4.78, 5) is 21.1. The summed E-state index contributed by atoms with van der Waals surface area (Å²) < 4.78 is 4.91. The highest BCUT2D eigenvalue weighted by Crippen LogP contribution is 2.29. The average molecular weight is 239 g/mol. The van der Waals surface area contributed by atoms with Crippen molar-refractivity contribution in [1.82, 2.24) is 0 Å². The highest BCUT2D eigenvalue weighted by atomic mass is 16.6. The summed E-state index contributed by atoms with van der Waals surface area (Å²) in [6.07, 6.45) is 1.84. The van der Waals surface area contributed by atoms with Crippen molar-refractivity contribution < 1.29 is 19.6 Å². The monoisotopic (exact) mass is 239 g/mol. The van der Waals surface area contributed by atoms with Crippen LogP contribution in [0.3, 0.4) is 0 Å². The highest BCUT2D eigenvalue weighted by molar-refractivity contribution is 5.72. The normalized spacial score (nSPS) is 9.94. The van der Waals surface area contributed by atoms with Crippen LogP contribution in [0.1, 0.15) is 26.2 Å². The van der Waals surface area contributed by atoms with E-state index in [0.717, 1.165) is 18.6 Å². The summed E-state index contributed by atoms with van der Waals surface area (Å²) in [5, 5.41) is 19.7. The molecule has 92 valence electrons. The number of nitro benzene ring substituents is 1. The lowest BCUT2D eigenvalue weighted by molar-refractivity contribution is -0.385. The largest absolute Gasteiger partial charge is 0.502 e. The van der Waals surface area contributed by atoms with Gasteiger partial charge in [0, 0.05) is 6.42 Å². The Kier molecular flexibility index (Phi) is 4.45. The number of hydrogen-bond acceptors (Lipinski definition) is 5. The molecular weight excluding hydrogens is 226 g/mol. The number of esters is 1. The van der Waals surface area contributed by atoms with Gasteiger partial charge in [0.2, 0.25) is 0 Å². The number of phenolic OH excluding ortho intramolecular Hbond substituents is 1. The fourth-order valence-electron chi connectivity index (χ4n) is 1.22. The molecule has 6 nitrogen and oxygen atoms in total. The first-order chi connectivity index (χ1) is 8.04. The molecule has 0 saturated carbocycles. The maximum Gasteiger partial charge on any atom is 0.314 e. The van der Waals surface area contributed by atoms with Gasteiger partial charge in [0.25, 0.3) is 0 Å². The number of phenols is 1. The molecule has 0 amide bonds. The van der Waals surface area contributed by atoms with E-state index < -0.39 is 22.3 Å². The molecule has 1 aromatic carbocycles. The first kappa shape index (κ1) is 13.0. The van der Waals surface area contributed by atoms with E-state index in [4.69, 9.17) is 4.74 Å².